The molecular formula is C18H20O4. The van der Waals surface area contributed by atoms with Crippen molar-refractivity contribution in [1.82, 2.24) is 0 Å². The second kappa shape index (κ2) is 5.59. The van der Waals surface area contributed by atoms with Crippen LogP contribution in [0, 0.1) is 19.8 Å². The van der Waals surface area contributed by atoms with E-state index in [9.17, 15) is 9.59 Å². The predicted octanol–water partition coefficient (Wildman–Crippen LogP) is 3.15. The van der Waals surface area contributed by atoms with Gasteiger partial charge in [0.25, 0.3) is 0 Å². The fourth-order valence-electron chi connectivity index (χ4n) is 3.10. The number of hydrogen-bond acceptors (Lipinski definition) is 4. The Hall–Kier alpha value is -2.10. The van der Waals surface area contributed by atoms with Gasteiger partial charge in [-0.1, -0.05) is 6.08 Å². The average molecular weight is 300 g/mol. The molecule has 2 aliphatic rings. The normalized spacial score (nSPS) is 23.0. The SMILES string of the molecule is CCOC(=O)C1=CC[C@H]2Oc3cc(C)c(C)cc3C(=O)[C@@H]2C1. The van der Waals surface area contributed by atoms with Crippen LogP contribution in [0.1, 0.15) is 41.3 Å². The molecule has 1 aliphatic carbocycles. The summed E-state index contributed by atoms with van der Waals surface area (Å²) in [4.78, 5) is 24.7. The summed E-state index contributed by atoms with van der Waals surface area (Å²) in [6.07, 6.45) is 2.63. The van der Waals surface area contributed by atoms with E-state index in [0.29, 0.717) is 36.3 Å². The van der Waals surface area contributed by atoms with Gasteiger partial charge in [-0.25, -0.2) is 4.79 Å². The predicted molar refractivity (Wildman–Crippen MR) is 82.1 cm³/mol. The lowest BCUT2D eigenvalue weighted by molar-refractivity contribution is -0.138. The molecule has 0 aromatic heterocycles. The molecule has 0 amide bonds. The second-order valence-electron chi connectivity index (χ2n) is 5.95. The third kappa shape index (κ3) is 2.43. The summed E-state index contributed by atoms with van der Waals surface area (Å²) < 4.78 is 11.1. The molecule has 116 valence electrons. The van der Waals surface area contributed by atoms with Gasteiger partial charge in [0, 0.05) is 12.0 Å². The molecule has 0 N–H and O–H groups in total. The van der Waals surface area contributed by atoms with E-state index in [-0.39, 0.29) is 23.8 Å². The Morgan fingerprint density at radius 3 is 2.77 bits per heavy atom. The van der Waals surface area contributed by atoms with Gasteiger partial charge in [0.2, 0.25) is 0 Å². The zero-order valence-corrected chi connectivity index (χ0v) is 13.1. The van der Waals surface area contributed by atoms with Crippen LogP contribution in [0.5, 0.6) is 5.75 Å². The minimum absolute atomic E-state index is 0.0734. The van der Waals surface area contributed by atoms with Crippen molar-refractivity contribution in [2.45, 2.75) is 39.7 Å². The van der Waals surface area contributed by atoms with E-state index < -0.39 is 0 Å². The maximum Gasteiger partial charge on any atom is 0.333 e. The molecule has 0 bridgehead atoms. The molecule has 1 heterocycles. The molecule has 3 rings (SSSR count). The Balaban J connectivity index is 1.89. The van der Waals surface area contributed by atoms with Crippen LogP contribution in [0.4, 0.5) is 0 Å². The maximum atomic E-state index is 12.8. The molecule has 0 spiro atoms. The van der Waals surface area contributed by atoms with E-state index in [4.69, 9.17) is 9.47 Å². The lowest BCUT2D eigenvalue weighted by atomic mass is 9.79. The highest BCUT2D eigenvalue weighted by molar-refractivity contribution is 6.03. The highest BCUT2D eigenvalue weighted by atomic mass is 16.5. The number of ether oxygens (including phenoxy) is 2. The van der Waals surface area contributed by atoms with Crippen molar-refractivity contribution in [2.24, 2.45) is 5.92 Å². The minimum Gasteiger partial charge on any atom is -0.489 e. The van der Waals surface area contributed by atoms with Crippen LogP contribution in [-0.4, -0.2) is 24.5 Å². The van der Waals surface area contributed by atoms with Crippen molar-refractivity contribution in [3.8, 4) is 5.75 Å². The number of esters is 1. The first-order valence-corrected chi connectivity index (χ1v) is 7.69. The maximum absolute atomic E-state index is 12.8. The van der Waals surface area contributed by atoms with E-state index in [1.54, 1.807) is 6.92 Å². The Morgan fingerprint density at radius 2 is 2.05 bits per heavy atom. The molecule has 0 saturated heterocycles. The van der Waals surface area contributed by atoms with Crippen LogP contribution >= 0.6 is 0 Å². The summed E-state index contributed by atoms with van der Waals surface area (Å²) in [6, 6.07) is 3.83. The van der Waals surface area contributed by atoms with Gasteiger partial charge in [-0.05, 0) is 50.5 Å². The molecule has 4 heteroatoms. The van der Waals surface area contributed by atoms with Gasteiger partial charge >= 0.3 is 5.97 Å². The summed E-state index contributed by atoms with van der Waals surface area (Å²) in [7, 11) is 0. The fourth-order valence-corrected chi connectivity index (χ4v) is 3.10. The van der Waals surface area contributed by atoms with Crippen molar-refractivity contribution < 1.29 is 19.1 Å². The Kier molecular flexibility index (Phi) is 3.77. The first-order valence-electron chi connectivity index (χ1n) is 7.69. The summed E-state index contributed by atoms with van der Waals surface area (Å²) in [5.74, 6) is 0.130. The highest BCUT2D eigenvalue weighted by Crippen LogP contribution is 2.39. The average Bonchev–Trinajstić information content (AvgIpc) is 2.50. The summed E-state index contributed by atoms with van der Waals surface area (Å²) >= 11 is 0. The molecule has 1 aliphatic heterocycles. The highest BCUT2D eigenvalue weighted by Gasteiger charge is 2.40. The number of ketones is 1. The smallest absolute Gasteiger partial charge is 0.333 e. The van der Waals surface area contributed by atoms with Gasteiger partial charge in [-0.3, -0.25) is 4.79 Å². The van der Waals surface area contributed by atoms with E-state index in [0.717, 1.165) is 11.1 Å². The van der Waals surface area contributed by atoms with Crippen molar-refractivity contribution in [3.63, 3.8) is 0 Å². The molecule has 2 atom stereocenters. The zero-order valence-electron chi connectivity index (χ0n) is 13.1. The lowest BCUT2D eigenvalue weighted by Crippen LogP contribution is -2.40. The molecule has 0 radical (unpaired) electrons. The van der Waals surface area contributed by atoms with Crippen molar-refractivity contribution in [1.29, 1.82) is 0 Å². The number of carbonyl (C=O) groups excluding carboxylic acids is 2. The van der Waals surface area contributed by atoms with Crippen molar-refractivity contribution in [3.05, 3.63) is 40.5 Å². The molecule has 1 aromatic rings. The minimum atomic E-state index is -0.320. The van der Waals surface area contributed by atoms with Crippen LogP contribution in [0.15, 0.2) is 23.8 Å². The third-order valence-corrected chi connectivity index (χ3v) is 4.50. The second-order valence-corrected chi connectivity index (χ2v) is 5.95. The van der Waals surface area contributed by atoms with Gasteiger partial charge in [0.1, 0.15) is 11.9 Å². The number of fused-ring (bicyclic) bond motifs is 2. The molecule has 0 unspecified atom stereocenters. The van der Waals surface area contributed by atoms with Crippen LogP contribution < -0.4 is 4.74 Å². The Bertz CT molecular complexity index is 672. The zero-order chi connectivity index (χ0) is 15.9. The number of rotatable bonds is 2. The topological polar surface area (TPSA) is 52.6 Å². The van der Waals surface area contributed by atoms with Gasteiger partial charge in [-0.15, -0.1) is 0 Å². The lowest BCUT2D eigenvalue weighted by Gasteiger charge is -2.35. The number of carbonyl (C=O) groups is 2. The molecule has 0 saturated carbocycles. The van der Waals surface area contributed by atoms with Gasteiger partial charge in [0.15, 0.2) is 5.78 Å². The molecule has 22 heavy (non-hydrogen) atoms. The van der Waals surface area contributed by atoms with Crippen molar-refractivity contribution in [2.75, 3.05) is 6.61 Å². The molecule has 1 aromatic carbocycles. The van der Waals surface area contributed by atoms with E-state index in [1.807, 2.05) is 32.1 Å². The fraction of sp³-hybridized carbons (Fsp3) is 0.444. The number of hydrogen-bond donors (Lipinski definition) is 0. The quantitative estimate of drug-likeness (QED) is 0.787. The van der Waals surface area contributed by atoms with Crippen LogP contribution in [0.3, 0.4) is 0 Å². The van der Waals surface area contributed by atoms with E-state index in [1.165, 1.54) is 0 Å². The monoisotopic (exact) mass is 300 g/mol. The van der Waals surface area contributed by atoms with Crippen LogP contribution in [-0.2, 0) is 9.53 Å². The van der Waals surface area contributed by atoms with Crippen LogP contribution in [0.25, 0.3) is 0 Å². The summed E-state index contributed by atoms with van der Waals surface area (Å²) in [5.41, 5.74) is 3.41. The Labute approximate surface area is 130 Å². The van der Waals surface area contributed by atoms with Crippen molar-refractivity contribution >= 4 is 11.8 Å². The van der Waals surface area contributed by atoms with Gasteiger partial charge in [-0.2, -0.15) is 0 Å². The van der Waals surface area contributed by atoms with Gasteiger partial charge < -0.3 is 9.47 Å². The largest absolute Gasteiger partial charge is 0.489 e. The number of benzene rings is 1. The van der Waals surface area contributed by atoms with E-state index in [2.05, 4.69) is 0 Å². The first kappa shape index (κ1) is 14.8. The molecule has 0 fully saturated rings. The summed E-state index contributed by atoms with van der Waals surface area (Å²) in [6.45, 7) is 6.12. The van der Waals surface area contributed by atoms with Gasteiger partial charge in [0.05, 0.1) is 18.1 Å². The molecular weight excluding hydrogens is 280 g/mol. The molecule has 4 nitrogen and oxygen atoms in total. The number of aryl methyl sites for hydroxylation is 2. The number of Topliss-reactive ketones (excluding diaryl/α,β-unsaturated/α-hetero) is 1. The van der Waals surface area contributed by atoms with Crippen LogP contribution in [0.2, 0.25) is 0 Å². The summed E-state index contributed by atoms with van der Waals surface area (Å²) in [5, 5.41) is 0. The third-order valence-electron chi connectivity index (χ3n) is 4.50. The van der Waals surface area contributed by atoms with E-state index >= 15 is 0 Å². The first-order chi connectivity index (χ1) is 10.5. The standard InChI is InChI=1S/C18H20O4/c1-4-21-18(20)12-5-6-15-14(9-12)17(19)13-7-10(2)11(3)8-16(13)22-15/h5,7-8,14-15H,4,6,9H2,1-3H3/t14-,15-/m1/s1. The Morgan fingerprint density at radius 1 is 1.32 bits per heavy atom.